The van der Waals surface area contributed by atoms with Gasteiger partial charge in [0.1, 0.15) is 0 Å². The van der Waals surface area contributed by atoms with E-state index in [9.17, 15) is 0 Å². The van der Waals surface area contributed by atoms with E-state index in [4.69, 9.17) is 0 Å². The van der Waals surface area contributed by atoms with Crippen molar-refractivity contribution < 1.29 is 0 Å². The molecule has 0 unspecified atom stereocenters. The molecule has 0 heteroatoms. The average molecular weight is 497 g/mol. The molecule has 4 aromatic carbocycles. The number of rotatable bonds is 7. The molecular weight excluding hydrogens is 456 g/mol. The van der Waals surface area contributed by atoms with Crippen LogP contribution in [-0.4, -0.2) is 0 Å². The Morgan fingerprint density at radius 1 is 0.895 bits per heavy atom. The van der Waals surface area contributed by atoms with Gasteiger partial charge in [0.2, 0.25) is 0 Å². The van der Waals surface area contributed by atoms with Crippen LogP contribution in [0.1, 0.15) is 79.5 Å². The van der Waals surface area contributed by atoms with Crippen molar-refractivity contribution in [2.24, 2.45) is 0 Å². The summed E-state index contributed by atoms with van der Waals surface area (Å²) in [4.78, 5) is 0. The predicted molar refractivity (Wildman–Crippen MR) is 167 cm³/mol. The summed E-state index contributed by atoms with van der Waals surface area (Å²) >= 11 is 0. The molecule has 0 atom stereocenters. The third kappa shape index (κ3) is 4.37. The molecule has 0 amide bonds. The van der Waals surface area contributed by atoms with Crippen LogP contribution in [0.5, 0.6) is 0 Å². The maximum atomic E-state index is 4.11. The molecule has 0 radical (unpaired) electrons. The lowest BCUT2D eigenvalue weighted by Crippen LogP contribution is -2.15. The van der Waals surface area contributed by atoms with Crippen molar-refractivity contribution in [2.45, 2.75) is 66.2 Å². The van der Waals surface area contributed by atoms with Crippen LogP contribution >= 0.6 is 0 Å². The molecule has 4 aromatic rings. The second-order valence-corrected chi connectivity index (χ2v) is 11.4. The van der Waals surface area contributed by atoms with Crippen molar-refractivity contribution in [3.05, 3.63) is 136 Å². The number of aryl methyl sites for hydroxylation is 2. The Hall–Kier alpha value is -3.64. The van der Waals surface area contributed by atoms with Gasteiger partial charge in [-0.1, -0.05) is 124 Å². The lowest BCUT2D eigenvalue weighted by atomic mass is 9.80. The smallest absolute Gasteiger partial charge is 0.0159 e. The van der Waals surface area contributed by atoms with Gasteiger partial charge in [-0.2, -0.15) is 0 Å². The second kappa shape index (κ2) is 10.3. The van der Waals surface area contributed by atoms with E-state index in [1.165, 1.54) is 72.0 Å². The first-order valence-electron chi connectivity index (χ1n) is 14.0. The van der Waals surface area contributed by atoms with Gasteiger partial charge in [-0.3, -0.25) is 0 Å². The van der Waals surface area contributed by atoms with E-state index in [0.29, 0.717) is 0 Å². The van der Waals surface area contributed by atoms with Crippen molar-refractivity contribution in [2.75, 3.05) is 0 Å². The van der Waals surface area contributed by atoms with Crippen LogP contribution in [0.2, 0.25) is 0 Å². The van der Waals surface area contributed by atoms with Gasteiger partial charge in [0.15, 0.2) is 0 Å². The fourth-order valence-corrected chi connectivity index (χ4v) is 6.43. The SMILES string of the molecule is C=C/C(CCC)=C(/C=C\C)c1ccc(Cc2cc3c(c4ccccc24)-c2ccc(C)cc2C3(C)C)cc1C. The summed E-state index contributed by atoms with van der Waals surface area (Å²) in [6.07, 6.45) is 9.49. The van der Waals surface area contributed by atoms with Gasteiger partial charge in [-0.05, 0) is 100 Å². The minimum absolute atomic E-state index is 0.0121. The van der Waals surface area contributed by atoms with Gasteiger partial charge in [0.25, 0.3) is 0 Å². The third-order valence-electron chi connectivity index (χ3n) is 8.34. The maximum Gasteiger partial charge on any atom is 0.0159 e. The van der Waals surface area contributed by atoms with Gasteiger partial charge in [0, 0.05) is 5.41 Å². The summed E-state index contributed by atoms with van der Waals surface area (Å²) in [6, 6.07) is 25.5. The first-order valence-corrected chi connectivity index (χ1v) is 14.0. The first-order chi connectivity index (χ1) is 18.3. The fraction of sp³-hybridized carbons (Fsp3) is 0.263. The van der Waals surface area contributed by atoms with E-state index in [1.54, 1.807) is 0 Å². The molecule has 0 bridgehead atoms. The number of allylic oxidation sites excluding steroid dienone is 5. The monoisotopic (exact) mass is 496 g/mol. The lowest BCUT2D eigenvalue weighted by molar-refractivity contribution is 0.659. The highest BCUT2D eigenvalue weighted by Gasteiger charge is 2.37. The Morgan fingerprint density at radius 3 is 2.34 bits per heavy atom. The lowest BCUT2D eigenvalue weighted by Gasteiger charge is -2.23. The molecular formula is C38H40. The van der Waals surface area contributed by atoms with E-state index in [0.717, 1.165) is 19.3 Å². The fourth-order valence-electron chi connectivity index (χ4n) is 6.43. The van der Waals surface area contributed by atoms with Gasteiger partial charge in [-0.15, -0.1) is 0 Å². The largest absolute Gasteiger partial charge is 0.0988 e. The zero-order chi connectivity index (χ0) is 27.0. The molecule has 5 rings (SSSR count). The third-order valence-corrected chi connectivity index (χ3v) is 8.34. The number of hydrogen-bond acceptors (Lipinski definition) is 0. The molecule has 0 nitrogen and oxygen atoms in total. The molecule has 0 saturated carbocycles. The van der Waals surface area contributed by atoms with Crippen LogP contribution in [0, 0.1) is 13.8 Å². The molecule has 0 fully saturated rings. The molecule has 0 spiro atoms. The second-order valence-electron chi connectivity index (χ2n) is 11.4. The van der Waals surface area contributed by atoms with E-state index in [1.807, 2.05) is 6.08 Å². The number of benzene rings is 4. The zero-order valence-electron chi connectivity index (χ0n) is 23.9. The van der Waals surface area contributed by atoms with Crippen molar-refractivity contribution in [1.29, 1.82) is 0 Å². The van der Waals surface area contributed by atoms with E-state index in [-0.39, 0.29) is 5.41 Å². The Bertz CT molecular complexity index is 1600. The van der Waals surface area contributed by atoms with Gasteiger partial charge in [0.05, 0.1) is 0 Å². The van der Waals surface area contributed by atoms with Crippen molar-refractivity contribution in [3.8, 4) is 11.1 Å². The molecule has 0 aromatic heterocycles. The van der Waals surface area contributed by atoms with Crippen LogP contribution in [0.3, 0.4) is 0 Å². The van der Waals surface area contributed by atoms with Gasteiger partial charge >= 0.3 is 0 Å². The summed E-state index contributed by atoms with van der Waals surface area (Å²) in [7, 11) is 0. The summed E-state index contributed by atoms with van der Waals surface area (Å²) in [5.41, 5.74) is 15.0. The maximum absolute atomic E-state index is 4.11. The predicted octanol–water partition coefficient (Wildman–Crippen LogP) is 10.7. The highest BCUT2D eigenvalue weighted by Crippen LogP contribution is 2.52. The quantitative estimate of drug-likeness (QED) is 0.223. The van der Waals surface area contributed by atoms with Crippen molar-refractivity contribution in [1.82, 2.24) is 0 Å². The first kappa shape index (κ1) is 26.0. The summed E-state index contributed by atoms with van der Waals surface area (Å²) < 4.78 is 0. The van der Waals surface area contributed by atoms with Gasteiger partial charge in [-0.25, -0.2) is 0 Å². The molecule has 0 aliphatic heterocycles. The summed E-state index contributed by atoms with van der Waals surface area (Å²) in [6.45, 7) is 17.7. The zero-order valence-corrected chi connectivity index (χ0v) is 23.9. The Balaban J connectivity index is 1.62. The molecule has 0 N–H and O–H groups in total. The van der Waals surface area contributed by atoms with E-state index >= 15 is 0 Å². The Labute approximate surface area is 229 Å². The van der Waals surface area contributed by atoms with Crippen LogP contribution < -0.4 is 0 Å². The Kier molecular flexibility index (Phi) is 7.01. The normalized spacial score (nSPS) is 14.5. The van der Waals surface area contributed by atoms with Crippen molar-refractivity contribution in [3.63, 3.8) is 0 Å². The van der Waals surface area contributed by atoms with Crippen LogP contribution in [0.25, 0.3) is 27.5 Å². The summed E-state index contributed by atoms with van der Waals surface area (Å²) in [5.74, 6) is 0. The number of hydrogen-bond donors (Lipinski definition) is 0. The van der Waals surface area contributed by atoms with Crippen LogP contribution in [0.4, 0.5) is 0 Å². The van der Waals surface area contributed by atoms with Crippen LogP contribution in [0.15, 0.2) is 97.1 Å². The highest BCUT2D eigenvalue weighted by molar-refractivity contribution is 6.04. The number of fused-ring (bicyclic) bond motifs is 5. The van der Waals surface area contributed by atoms with Crippen LogP contribution in [-0.2, 0) is 11.8 Å². The minimum atomic E-state index is -0.0121. The minimum Gasteiger partial charge on any atom is -0.0988 e. The van der Waals surface area contributed by atoms with E-state index in [2.05, 4.69) is 127 Å². The van der Waals surface area contributed by atoms with Crippen molar-refractivity contribution >= 4 is 16.3 Å². The molecule has 0 heterocycles. The molecule has 1 aliphatic rings. The standard InChI is InChI=1S/C38H40/c1-8-13-28(10-3)31(14-9-2)30-20-18-27(22-26(30)5)23-29-24-36-37(33-16-12-11-15-32(29)33)34-19-17-25(4)21-35(34)38(36,6)7/h9-12,14-22,24H,3,8,13,23H2,1-2,4-7H3/b14-9-,31-28+. The topological polar surface area (TPSA) is 0 Å². The Morgan fingerprint density at radius 2 is 1.66 bits per heavy atom. The average Bonchev–Trinajstić information content (AvgIpc) is 3.12. The van der Waals surface area contributed by atoms with E-state index < -0.39 is 0 Å². The molecule has 1 aliphatic carbocycles. The molecule has 192 valence electrons. The van der Waals surface area contributed by atoms with Gasteiger partial charge < -0.3 is 0 Å². The molecule has 0 saturated heterocycles. The molecule has 38 heavy (non-hydrogen) atoms. The summed E-state index contributed by atoms with van der Waals surface area (Å²) in [5, 5.41) is 2.74. The highest BCUT2D eigenvalue weighted by atomic mass is 14.4.